The molecule has 3 rings (SSSR count). The standard InChI is InChI=1S/C16H22N2O2/c1-10(2)16-18-13-8-11(6-7-15(13)20-16)9-17-12-4-3-5-14(12)19/h6-8,10,12,14,17,19H,3-5,9H2,1-2H3. The number of nitrogens with one attached hydrogen (secondary N) is 1. The van der Waals surface area contributed by atoms with Gasteiger partial charge in [0.1, 0.15) is 5.52 Å². The summed E-state index contributed by atoms with van der Waals surface area (Å²) in [6, 6.07) is 6.34. The first-order chi connectivity index (χ1) is 9.63. The van der Waals surface area contributed by atoms with E-state index in [4.69, 9.17) is 4.42 Å². The fraction of sp³-hybridized carbons (Fsp3) is 0.562. The van der Waals surface area contributed by atoms with Crippen LogP contribution in [0, 0.1) is 0 Å². The van der Waals surface area contributed by atoms with Gasteiger partial charge in [-0.3, -0.25) is 0 Å². The minimum Gasteiger partial charge on any atom is -0.440 e. The van der Waals surface area contributed by atoms with Gasteiger partial charge in [-0.25, -0.2) is 4.98 Å². The van der Waals surface area contributed by atoms with Crippen molar-refractivity contribution >= 4 is 11.1 Å². The Kier molecular flexibility index (Phi) is 3.76. The minimum absolute atomic E-state index is 0.196. The molecule has 4 nitrogen and oxygen atoms in total. The van der Waals surface area contributed by atoms with E-state index >= 15 is 0 Å². The normalized spacial score (nSPS) is 23.0. The summed E-state index contributed by atoms with van der Waals surface area (Å²) in [5.41, 5.74) is 2.94. The number of hydrogen-bond acceptors (Lipinski definition) is 4. The first-order valence-corrected chi connectivity index (χ1v) is 7.44. The lowest BCUT2D eigenvalue weighted by Crippen LogP contribution is -2.34. The molecular weight excluding hydrogens is 252 g/mol. The maximum Gasteiger partial charge on any atom is 0.198 e. The van der Waals surface area contributed by atoms with Crippen LogP contribution in [-0.4, -0.2) is 22.2 Å². The third-order valence-electron chi connectivity index (χ3n) is 4.01. The number of rotatable bonds is 4. The van der Waals surface area contributed by atoms with Crippen molar-refractivity contribution in [2.45, 2.75) is 57.7 Å². The van der Waals surface area contributed by atoms with Gasteiger partial charge in [0.2, 0.25) is 0 Å². The zero-order chi connectivity index (χ0) is 14.1. The third kappa shape index (κ3) is 2.72. The van der Waals surface area contributed by atoms with Crippen molar-refractivity contribution in [3.8, 4) is 0 Å². The molecule has 0 saturated heterocycles. The van der Waals surface area contributed by atoms with Crippen LogP contribution in [0.3, 0.4) is 0 Å². The Balaban J connectivity index is 1.72. The molecule has 20 heavy (non-hydrogen) atoms. The van der Waals surface area contributed by atoms with E-state index < -0.39 is 0 Å². The number of benzene rings is 1. The lowest BCUT2D eigenvalue weighted by Gasteiger charge is -2.16. The molecule has 2 atom stereocenters. The average Bonchev–Trinajstić information content (AvgIpc) is 3.01. The molecule has 0 amide bonds. The van der Waals surface area contributed by atoms with E-state index in [0.717, 1.165) is 42.8 Å². The van der Waals surface area contributed by atoms with Gasteiger partial charge in [0.05, 0.1) is 6.10 Å². The van der Waals surface area contributed by atoms with Crippen LogP contribution in [0.15, 0.2) is 22.6 Å². The SMILES string of the molecule is CC(C)c1nc2cc(CNC3CCCC3O)ccc2o1. The summed E-state index contributed by atoms with van der Waals surface area (Å²) >= 11 is 0. The molecule has 1 aliphatic rings. The van der Waals surface area contributed by atoms with Crippen LogP contribution >= 0.6 is 0 Å². The highest BCUT2D eigenvalue weighted by Gasteiger charge is 2.24. The second-order valence-corrected chi connectivity index (χ2v) is 5.99. The fourth-order valence-corrected chi connectivity index (χ4v) is 2.78. The summed E-state index contributed by atoms with van der Waals surface area (Å²) in [5.74, 6) is 1.09. The number of oxazole rings is 1. The van der Waals surface area contributed by atoms with Gasteiger partial charge in [-0.05, 0) is 37.0 Å². The van der Waals surface area contributed by atoms with Crippen molar-refractivity contribution in [1.82, 2.24) is 10.3 Å². The minimum atomic E-state index is -0.196. The van der Waals surface area contributed by atoms with Crippen molar-refractivity contribution in [1.29, 1.82) is 0 Å². The topological polar surface area (TPSA) is 58.3 Å². The number of aromatic nitrogens is 1. The van der Waals surface area contributed by atoms with Crippen LogP contribution in [0.25, 0.3) is 11.1 Å². The lowest BCUT2D eigenvalue weighted by molar-refractivity contribution is 0.148. The zero-order valence-electron chi connectivity index (χ0n) is 12.1. The number of fused-ring (bicyclic) bond motifs is 1. The van der Waals surface area contributed by atoms with E-state index in [1.165, 1.54) is 5.56 Å². The number of aliphatic hydroxyl groups excluding tert-OH is 1. The van der Waals surface area contributed by atoms with E-state index in [2.05, 4.69) is 36.3 Å². The van der Waals surface area contributed by atoms with Crippen LogP contribution in [0.1, 0.15) is 50.5 Å². The molecule has 108 valence electrons. The van der Waals surface area contributed by atoms with E-state index in [1.54, 1.807) is 0 Å². The highest BCUT2D eigenvalue weighted by molar-refractivity contribution is 5.73. The molecule has 4 heteroatoms. The van der Waals surface area contributed by atoms with Gasteiger partial charge < -0.3 is 14.8 Å². The van der Waals surface area contributed by atoms with Crippen molar-refractivity contribution in [3.63, 3.8) is 0 Å². The predicted octanol–water partition coefficient (Wildman–Crippen LogP) is 2.95. The van der Waals surface area contributed by atoms with Gasteiger partial charge in [-0.2, -0.15) is 0 Å². The zero-order valence-corrected chi connectivity index (χ0v) is 12.1. The maximum absolute atomic E-state index is 9.81. The third-order valence-corrected chi connectivity index (χ3v) is 4.01. The molecule has 1 heterocycles. The summed E-state index contributed by atoms with van der Waals surface area (Å²) in [5, 5.41) is 13.2. The molecule has 1 aromatic carbocycles. The van der Waals surface area contributed by atoms with Gasteiger partial charge in [0.25, 0.3) is 0 Å². The molecule has 1 aromatic heterocycles. The monoisotopic (exact) mass is 274 g/mol. The van der Waals surface area contributed by atoms with Gasteiger partial charge in [-0.1, -0.05) is 19.9 Å². The van der Waals surface area contributed by atoms with Crippen molar-refractivity contribution < 1.29 is 9.52 Å². The van der Waals surface area contributed by atoms with E-state index in [0.29, 0.717) is 5.92 Å². The van der Waals surface area contributed by atoms with E-state index in [1.807, 2.05) is 6.07 Å². The van der Waals surface area contributed by atoms with Crippen molar-refractivity contribution in [2.24, 2.45) is 0 Å². The van der Waals surface area contributed by atoms with Crippen molar-refractivity contribution in [3.05, 3.63) is 29.7 Å². The molecule has 0 radical (unpaired) electrons. The summed E-state index contributed by atoms with van der Waals surface area (Å²) in [6.45, 7) is 4.92. The van der Waals surface area contributed by atoms with Crippen LogP contribution in [-0.2, 0) is 6.54 Å². The van der Waals surface area contributed by atoms with Crippen molar-refractivity contribution in [2.75, 3.05) is 0 Å². The molecule has 1 aliphatic carbocycles. The molecule has 2 aromatic rings. The van der Waals surface area contributed by atoms with Gasteiger partial charge in [0, 0.05) is 18.5 Å². The molecular formula is C16H22N2O2. The summed E-state index contributed by atoms with van der Waals surface area (Å²) < 4.78 is 5.71. The largest absolute Gasteiger partial charge is 0.440 e. The number of hydrogen-bond donors (Lipinski definition) is 2. The molecule has 2 unspecified atom stereocenters. The Labute approximate surface area is 119 Å². The van der Waals surface area contributed by atoms with Crippen LogP contribution < -0.4 is 5.32 Å². The molecule has 0 bridgehead atoms. The van der Waals surface area contributed by atoms with Gasteiger partial charge >= 0.3 is 0 Å². The predicted molar refractivity (Wildman–Crippen MR) is 78.6 cm³/mol. The quantitative estimate of drug-likeness (QED) is 0.900. The Bertz CT molecular complexity index is 591. The lowest BCUT2D eigenvalue weighted by atomic mass is 10.1. The molecule has 2 N–H and O–H groups in total. The average molecular weight is 274 g/mol. The maximum atomic E-state index is 9.81. The molecule has 1 fully saturated rings. The highest BCUT2D eigenvalue weighted by Crippen LogP contribution is 2.23. The van der Waals surface area contributed by atoms with Gasteiger partial charge in [0.15, 0.2) is 11.5 Å². The Morgan fingerprint density at radius 1 is 1.40 bits per heavy atom. The summed E-state index contributed by atoms with van der Waals surface area (Å²) in [7, 11) is 0. The van der Waals surface area contributed by atoms with E-state index in [-0.39, 0.29) is 12.1 Å². The molecule has 0 aliphatic heterocycles. The summed E-state index contributed by atoms with van der Waals surface area (Å²) in [4.78, 5) is 4.52. The first kappa shape index (κ1) is 13.6. The van der Waals surface area contributed by atoms with Crippen LogP contribution in [0.5, 0.6) is 0 Å². The Morgan fingerprint density at radius 2 is 2.25 bits per heavy atom. The second kappa shape index (κ2) is 5.54. The Morgan fingerprint density at radius 3 is 2.95 bits per heavy atom. The summed E-state index contributed by atoms with van der Waals surface area (Å²) in [6.07, 6.45) is 2.89. The van der Waals surface area contributed by atoms with Crippen LogP contribution in [0.4, 0.5) is 0 Å². The van der Waals surface area contributed by atoms with Gasteiger partial charge in [-0.15, -0.1) is 0 Å². The number of aliphatic hydroxyl groups is 1. The first-order valence-electron chi connectivity index (χ1n) is 7.44. The molecule has 1 saturated carbocycles. The second-order valence-electron chi connectivity index (χ2n) is 5.99. The highest BCUT2D eigenvalue weighted by atomic mass is 16.3. The molecule has 0 spiro atoms. The Hall–Kier alpha value is -1.39. The number of nitrogens with zero attached hydrogens (tertiary/aromatic N) is 1. The van der Waals surface area contributed by atoms with E-state index in [9.17, 15) is 5.11 Å². The smallest absolute Gasteiger partial charge is 0.198 e. The van der Waals surface area contributed by atoms with Crippen LogP contribution in [0.2, 0.25) is 0 Å². The fourth-order valence-electron chi connectivity index (χ4n) is 2.78.